The Labute approximate surface area is 196 Å². The zero-order valence-corrected chi connectivity index (χ0v) is 19.1. The monoisotopic (exact) mass is 476 g/mol. The summed E-state index contributed by atoms with van der Waals surface area (Å²) in [7, 11) is 0. The van der Waals surface area contributed by atoms with E-state index in [9.17, 15) is 9.90 Å². The number of aromatic hydroxyl groups is 1. The summed E-state index contributed by atoms with van der Waals surface area (Å²) < 4.78 is 6.79. The van der Waals surface area contributed by atoms with Crippen LogP contribution in [0.25, 0.3) is 31.8 Å². The number of para-hydroxylation sites is 1. The van der Waals surface area contributed by atoms with Crippen molar-refractivity contribution >= 4 is 32.5 Å². The second-order valence-corrected chi connectivity index (χ2v) is 8.64. The molecule has 2 aromatic heterocycles. The molecule has 1 aliphatic heterocycles. The van der Waals surface area contributed by atoms with Crippen molar-refractivity contribution in [2.24, 2.45) is 0 Å². The van der Waals surface area contributed by atoms with Crippen molar-refractivity contribution in [2.75, 3.05) is 13.1 Å². The average Bonchev–Trinajstić information content (AvgIpc) is 2.99. The zero-order valence-electron chi connectivity index (χ0n) is 16.8. The summed E-state index contributed by atoms with van der Waals surface area (Å²) in [6.07, 6.45) is 4.83. The van der Waals surface area contributed by atoms with Crippen molar-refractivity contribution in [2.45, 2.75) is 32.2 Å². The molecular formula is C23H22Cl2N2O3S-2. The smallest absolute Gasteiger partial charge is 0.346 e. The number of nitrogens with zero attached hydrogens (tertiary/aromatic N) is 2. The molecule has 8 heteroatoms. The first-order valence-electron chi connectivity index (χ1n) is 10.1. The molecule has 0 amide bonds. The summed E-state index contributed by atoms with van der Waals surface area (Å²) in [5, 5.41) is 11.9. The summed E-state index contributed by atoms with van der Waals surface area (Å²) in [6, 6.07) is 13.2. The molecule has 0 bridgehead atoms. The first-order valence-corrected chi connectivity index (χ1v) is 10.9. The van der Waals surface area contributed by atoms with E-state index < -0.39 is 5.63 Å². The van der Waals surface area contributed by atoms with Gasteiger partial charge in [0.2, 0.25) is 0 Å². The number of aromatic nitrogens is 1. The normalized spacial score (nSPS) is 14.7. The minimum atomic E-state index is -0.417. The van der Waals surface area contributed by atoms with Gasteiger partial charge in [-0.2, -0.15) is 0 Å². The molecule has 0 saturated carbocycles. The number of likely N-dealkylation sites (tertiary alicyclic amines) is 1. The van der Waals surface area contributed by atoms with Crippen LogP contribution in [0.4, 0.5) is 0 Å². The number of hydrogen-bond donors (Lipinski definition) is 1. The average molecular weight is 477 g/mol. The quantitative estimate of drug-likeness (QED) is 0.390. The van der Waals surface area contributed by atoms with E-state index in [1.54, 1.807) is 12.1 Å². The van der Waals surface area contributed by atoms with Crippen LogP contribution in [0.1, 0.15) is 31.2 Å². The maximum Gasteiger partial charge on any atom is 0.346 e. The summed E-state index contributed by atoms with van der Waals surface area (Å²) in [5.41, 5.74) is 2.09. The van der Waals surface area contributed by atoms with Crippen LogP contribution in [-0.4, -0.2) is 28.1 Å². The number of benzene rings is 2. The van der Waals surface area contributed by atoms with Gasteiger partial charge in [-0.3, -0.25) is 4.90 Å². The number of thiazole rings is 1. The molecule has 0 spiro atoms. The van der Waals surface area contributed by atoms with Crippen LogP contribution in [0.15, 0.2) is 51.7 Å². The second kappa shape index (κ2) is 10.0. The van der Waals surface area contributed by atoms with Crippen LogP contribution in [0.5, 0.6) is 5.75 Å². The van der Waals surface area contributed by atoms with E-state index in [0.717, 1.165) is 41.5 Å². The van der Waals surface area contributed by atoms with Crippen molar-refractivity contribution < 1.29 is 34.3 Å². The Kier molecular flexibility index (Phi) is 7.59. The fourth-order valence-corrected chi connectivity index (χ4v) is 5.01. The van der Waals surface area contributed by atoms with Gasteiger partial charge in [0.05, 0.1) is 21.3 Å². The summed E-state index contributed by atoms with van der Waals surface area (Å²) >= 11 is 1.48. The summed E-state index contributed by atoms with van der Waals surface area (Å²) in [5.74, 6) is 0.178. The van der Waals surface area contributed by atoms with E-state index in [1.165, 1.54) is 24.2 Å². The largest absolute Gasteiger partial charge is 1.00 e. The molecule has 1 N–H and O–H groups in total. The maximum atomic E-state index is 12.8. The Hall–Kier alpha value is -2.12. The Balaban J connectivity index is 0.00000136. The number of phenolic OH excluding ortho intramolecular Hbond substituents is 1. The third-order valence-corrected chi connectivity index (χ3v) is 6.66. The van der Waals surface area contributed by atoms with Crippen molar-refractivity contribution in [3.63, 3.8) is 0 Å². The lowest BCUT2D eigenvalue weighted by molar-refractivity contribution is -0.001000. The Morgan fingerprint density at radius 2 is 1.77 bits per heavy atom. The number of rotatable bonds is 3. The molecule has 4 aromatic rings. The summed E-state index contributed by atoms with van der Waals surface area (Å²) in [6.45, 7) is 2.60. The van der Waals surface area contributed by atoms with E-state index >= 15 is 0 Å². The van der Waals surface area contributed by atoms with Crippen molar-refractivity contribution in [1.29, 1.82) is 0 Å². The predicted molar refractivity (Wildman–Crippen MR) is 117 cm³/mol. The van der Waals surface area contributed by atoms with Gasteiger partial charge in [0.25, 0.3) is 0 Å². The van der Waals surface area contributed by atoms with Crippen LogP contribution in [-0.2, 0) is 6.54 Å². The highest BCUT2D eigenvalue weighted by Crippen LogP contribution is 2.33. The van der Waals surface area contributed by atoms with Gasteiger partial charge in [-0.15, -0.1) is 11.3 Å². The van der Waals surface area contributed by atoms with Crippen LogP contribution in [0.3, 0.4) is 0 Å². The third kappa shape index (κ3) is 4.72. The van der Waals surface area contributed by atoms with Crippen LogP contribution in [0.2, 0.25) is 0 Å². The van der Waals surface area contributed by atoms with E-state index in [0.29, 0.717) is 28.3 Å². The van der Waals surface area contributed by atoms with Gasteiger partial charge < -0.3 is 34.3 Å². The highest BCUT2D eigenvalue weighted by Gasteiger charge is 2.19. The van der Waals surface area contributed by atoms with Gasteiger partial charge >= 0.3 is 5.63 Å². The molecule has 1 aliphatic rings. The number of hydrogen-bond acceptors (Lipinski definition) is 6. The zero-order chi connectivity index (χ0) is 19.8. The molecule has 1 saturated heterocycles. The van der Waals surface area contributed by atoms with Crippen LogP contribution in [0, 0.1) is 0 Å². The lowest BCUT2D eigenvalue weighted by Crippen LogP contribution is -3.00. The standard InChI is InChI=1S/C23H22N2O3S.2ClH/c26-19-10-9-15-13-16(22-24-18-7-3-4-8-20(18)29-22)23(27)28-21(15)17(19)14-25-11-5-1-2-6-12-25;;/h3-4,7-10,13,26H,1-2,5-6,11-12,14H2;2*1H/p-2. The van der Waals surface area contributed by atoms with Crippen LogP contribution >= 0.6 is 11.3 Å². The Morgan fingerprint density at radius 1 is 1.03 bits per heavy atom. The Bertz CT molecular complexity index is 1210. The molecule has 1 fully saturated rings. The molecule has 3 heterocycles. The highest BCUT2D eigenvalue weighted by atomic mass is 35.5. The highest BCUT2D eigenvalue weighted by molar-refractivity contribution is 7.21. The third-order valence-electron chi connectivity index (χ3n) is 5.59. The molecule has 164 valence electrons. The predicted octanol–water partition coefficient (Wildman–Crippen LogP) is -0.841. The SMILES string of the molecule is O=c1oc2c(CN3CCCCCC3)c(O)ccc2cc1-c1nc2ccccc2s1.[Cl-].[Cl-]. The van der Waals surface area contributed by atoms with Crippen molar-refractivity contribution in [3.05, 3.63) is 58.4 Å². The van der Waals surface area contributed by atoms with Gasteiger partial charge in [0, 0.05) is 11.9 Å². The first-order chi connectivity index (χ1) is 14.2. The van der Waals surface area contributed by atoms with E-state index in [2.05, 4.69) is 9.88 Å². The van der Waals surface area contributed by atoms with Gasteiger partial charge in [-0.25, -0.2) is 9.78 Å². The fourth-order valence-electron chi connectivity index (χ4n) is 4.04. The molecule has 0 radical (unpaired) electrons. The number of halogens is 2. The van der Waals surface area contributed by atoms with E-state index in [1.807, 2.05) is 30.3 Å². The molecule has 5 nitrogen and oxygen atoms in total. The Morgan fingerprint density at radius 3 is 2.52 bits per heavy atom. The second-order valence-electron chi connectivity index (χ2n) is 7.61. The minimum absolute atomic E-state index is 0. The molecular weight excluding hydrogens is 455 g/mol. The summed E-state index contributed by atoms with van der Waals surface area (Å²) in [4.78, 5) is 19.8. The number of phenols is 1. The van der Waals surface area contributed by atoms with Gasteiger partial charge in [-0.1, -0.05) is 25.0 Å². The molecule has 0 aliphatic carbocycles. The van der Waals surface area contributed by atoms with Crippen molar-refractivity contribution in [1.82, 2.24) is 9.88 Å². The fraction of sp³-hybridized carbons (Fsp3) is 0.304. The maximum absolute atomic E-state index is 12.8. The van der Waals surface area contributed by atoms with Crippen LogP contribution < -0.4 is 30.4 Å². The van der Waals surface area contributed by atoms with Gasteiger partial charge in [0.1, 0.15) is 16.3 Å². The molecule has 5 rings (SSSR count). The topological polar surface area (TPSA) is 66.6 Å². The molecule has 31 heavy (non-hydrogen) atoms. The lowest BCUT2D eigenvalue weighted by Gasteiger charge is -2.20. The van der Waals surface area contributed by atoms with E-state index in [-0.39, 0.29) is 30.6 Å². The first kappa shape index (κ1) is 23.5. The van der Waals surface area contributed by atoms with E-state index in [4.69, 9.17) is 4.42 Å². The molecule has 0 atom stereocenters. The molecule has 2 aromatic carbocycles. The van der Waals surface area contributed by atoms with Gasteiger partial charge in [0.15, 0.2) is 0 Å². The minimum Gasteiger partial charge on any atom is -1.00 e. The lowest BCUT2D eigenvalue weighted by atomic mass is 10.1. The van der Waals surface area contributed by atoms with Crippen molar-refractivity contribution in [3.8, 4) is 16.3 Å². The molecule has 0 unspecified atom stereocenters. The number of fused-ring (bicyclic) bond motifs is 2. The van der Waals surface area contributed by atoms with Gasteiger partial charge in [-0.05, 0) is 56.3 Å².